The van der Waals surface area contributed by atoms with Gasteiger partial charge in [-0.05, 0) is 34.9 Å². The second kappa shape index (κ2) is 7.38. The number of rotatable bonds is 5. The first kappa shape index (κ1) is 17.5. The van der Waals surface area contributed by atoms with E-state index in [9.17, 15) is 4.79 Å². The van der Waals surface area contributed by atoms with Crippen LogP contribution in [0.25, 0.3) is 0 Å². The standard InChI is InChI=1S/C20H20N4O2S/c21-18-6-5-16(19(22)24-18)20(25)23-9-13-3-1-12(2-4-13)7-15-8-14-10-26-11-17(14)27-15/h1-6,8H,7,9-11H2,(H,23,25)(H4,21,22,24). The van der Waals surface area contributed by atoms with Gasteiger partial charge in [0.1, 0.15) is 11.6 Å². The third kappa shape index (κ3) is 3.94. The summed E-state index contributed by atoms with van der Waals surface area (Å²) in [6.45, 7) is 1.90. The SMILES string of the molecule is Nc1ccc(C(=O)NCc2ccc(Cc3cc4c(s3)COC4)cc2)c(N)n1. The number of ether oxygens (including phenoxy) is 1. The molecule has 1 aromatic carbocycles. The van der Waals surface area contributed by atoms with Crippen molar-refractivity contribution in [3.8, 4) is 0 Å². The molecule has 3 aromatic rings. The molecular formula is C20H20N4O2S. The molecular weight excluding hydrogens is 360 g/mol. The van der Waals surface area contributed by atoms with Crippen molar-refractivity contribution >= 4 is 28.9 Å². The van der Waals surface area contributed by atoms with Crippen LogP contribution in [0.3, 0.4) is 0 Å². The number of anilines is 2. The number of nitrogens with two attached hydrogens (primary N) is 2. The maximum Gasteiger partial charge on any atom is 0.255 e. The zero-order chi connectivity index (χ0) is 18.8. The van der Waals surface area contributed by atoms with Crippen molar-refractivity contribution in [3.05, 3.63) is 74.5 Å². The van der Waals surface area contributed by atoms with E-state index in [1.165, 1.54) is 20.9 Å². The number of amides is 1. The molecule has 1 amide bonds. The lowest BCUT2D eigenvalue weighted by Gasteiger charge is -2.08. The van der Waals surface area contributed by atoms with Crippen molar-refractivity contribution < 1.29 is 9.53 Å². The van der Waals surface area contributed by atoms with Crippen molar-refractivity contribution in [1.82, 2.24) is 10.3 Å². The van der Waals surface area contributed by atoms with Gasteiger partial charge in [0, 0.05) is 22.7 Å². The van der Waals surface area contributed by atoms with Crippen LogP contribution in [0.1, 0.15) is 36.8 Å². The Kier molecular flexibility index (Phi) is 4.79. The lowest BCUT2D eigenvalue weighted by Crippen LogP contribution is -2.24. The normalized spacial score (nSPS) is 12.7. The summed E-state index contributed by atoms with van der Waals surface area (Å²) in [6.07, 6.45) is 0.915. The Morgan fingerprint density at radius 2 is 1.89 bits per heavy atom. The molecule has 4 rings (SSSR count). The summed E-state index contributed by atoms with van der Waals surface area (Å²) in [5.41, 5.74) is 15.2. The van der Waals surface area contributed by atoms with Gasteiger partial charge < -0.3 is 21.5 Å². The van der Waals surface area contributed by atoms with Crippen LogP contribution in [0.4, 0.5) is 11.6 Å². The predicted molar refractivity (Wildman–Crippen MR) is 106 cm³/mol. The van der Waals surface area contributed by atoms with Crippen LogP contribution in [-0.2, 0) is 30.9 Å². The van der Waals surface area contributed by atoms with Gasteiger partial charge in [0.15, 0.2) is 0 Å². The van der Waals surface area contributed by atoms with Gasteiger partial charge in [-0.2, -0.15) is 0 Å². The average molecular weight is 380 g/mol. The molecule has 27 heavy (non-hydrogen) atoms. The molecule has 3 heterocycles. The van der Waals surface area contributed by atoms with Crippen molar-refractivity contribution in [3.63, 3.8) is 0 Å². The fraction of sp³-hybridized carbons (Fsp3) is 0.200. The van der Waals surface area contributed by atoms with E-state index in [2.05, 4.69) is 28.5 Å². The number of benzene rings is 1. The van der Waals surface area contributed by atoms with Gasteiger partial charge in [-0.15, -0.1) is 11.3 Å². The van der Waals surface area contributed by atoms with Crippen molar-refractivity contribution in [2.45, 2.75) is 26.2 Å². The van der Waals surface area contributed by atoms with Crippen LogP contribution < -0.4 is 16.8 Å². The van der Waals surface area contributed by atoms with Crippen LogP contribution in [0.2, 0.25) is 0 Å². The minimum atomic E-state index is -0.264. The number of nitrogens with one attached hydrogen (secondary N) is 1. The number of nitrogens with zero attached hydrogens (tertiary/aromatic N) is 1. The number of fused-ring (bicyclic) bond motifs is 1. The Morgan fingerprint density at radius 1 is 1.11 bits per heavy atom. The second-order valence-electron chi connectivity index (χ2n) is 6.50. The Morgan fingerprint density at radius 3 is 2.63 bits per heavy atom. The highest BCUT2D eigenvalue weighted by molar-refractivity contribution is 7.12. The van der Waals surface area contributed by atoms with Crippen LogP contribution >= 0.6 is 11.3 Å². The van der Waals surface area contributed by atoms with Gasteiger partial charge in [0.05, 0.1) is 18.8 Å². The molecule has 0 spiro atoms. The van der Waals surface area contributed by atoms with Crippen LogP contribution in [-0.4, -0.2) is 10.9 Å². The van der Waals surface area contributed by atoms with E-state index >= 15 is 0 Å². The highest BCUT2D eigenvalue weighted by atomic mass is 32.1. The zero-order valence-electron chi connectivity index (χ0n) is 14.7. The molecule has 1 aliphatic heterocycles. The molecule has 1 aliphatic rings. The van der Waals surface area contributed by atoms with Gasteiger partial charge in [-0.1, -0.05) is 24.3 Å². The molecule has 0 atom stereocenters. The molecule has 6 nitrogen and oxygen atoms in total. The summed E-state index contributed by atoms with van der Waals surface area (Å²) in [5, 5.41) is 2.86. The highest BCUT2D eigenvalue weighted by Gasteiger charge is 2.15. The molecule has 5 N–H and O–H groups in total. The molecule has 0 radical (unpaired) electrons. The van der Waals surface area contributed by atoms with Gasteiger partial charge in [-0.3, -0.25) is 4.79 Å². The van der Waals surface area contributed by atoms with E-state index in [-0.39, 0.29) is 11.7 Å². The summed E-state index contributed by atoms with van der Waals surface area (Å²) >= 11 is 1.83. The van der Waals surface area contributed by atoms with Gasteiger partial charge >= 0.3 is 0 Å². The Balaban J connectivity index is 1.35. The van der Waals surface area contributed by atoms with E-state index in [1.807, 2.05) is 23.5 Å². The second-order valence-corrected chi connectivity index (χ2v) is 7.72. The Bertz CT molecular complexity index is 961. The molecule has 0 saturated heterocycles. The van der Waals surface area contributed by atoms with E-state index in [4.69, 9.17) is 16.2 Å². The number of carbonyl (C=O) groups excluding carboxylic acids is 1. The van der Waals surface area contributed by atoms with Crippen molar-refractivity contribution in [1.29, 1.82) is 0 Å². The molecule has 0 saturated carbocycles. The summed E-state index contributed by atoms with van der Waals surface area (Å²) in [4.78, 5) is 18.9. The molecule has 2 aromatic heterocycles. The molecule has 0 unspecified atom stereocenters. The average Bonchev–Trinajstić information content (AvgIpc) is 3.22. The molecule has 7 heteroatoms. The lowest BCUT2D eigenvalue weighted by atomic mass is 10.1. The third-order valence-corrected chi connectivity index (χ3v) is 5.63. The van der Waals surface area contributed by atoms with E-state index < -0.39 is 0 Å². The van der Waals surface area contributed by atoms with Crippen molar-refractivity contribution in [2.24, 2.45) is 0 Å². The number of carbonyl (C=O) groups is 1. The summed E-state index contributed by atoms with van der Waals surface area (Å²) in [5.74, 6) is 0.165. The minimum Gasteiger partial charge on any atom is -0.384 e. The third-order valence-electron chi connectivity index (χ3n) is 4.48. The molecule has 0 fully saturated rings. The lowest BCUT2D eigenvalue weighted by molar-refractivity contribution is 0.0951. The summed E-state index contributed by atoms with van der Waals surface area (Å²) < 4.78 is 5.43. The summed E-state index contributed by atoms with van der Waals surface area (Å²) in [6, 6.07) is 13.7. The highest BCUT2D eigenvalue weighted by Crippen LogP contribution is 2.30. The van der Waals surface area contributed by atoms with Crippen molar-refractivity contribution in [2.75, 3.05) is 11.5 Å². The van der Waals surface area contributed by atoms with Crippen LogP contribution in [0, 0.1) is 0 Å². The molecule has 0 aliphatic carbocycles. The molecule has 138 valence electrons. The first-order chi connectivity index (χ1) is 13.1. The fourth-order valence-corrected chi connectivity index (χ4v) is 4.20. The number of hydrogen-bond donors (Lipinski definition) is 3. The van der Waals surface area contributed by atoms with Gasteiger partial charge in [-0.25, -0.2) is 4.98 Å². The first-order valence-electron chi connectivity index (χ1n) is 8.65. The number of thiophene rings is 1. The van der Waals surface area contributed by atoms with E-state index in [0.717, 1.165) is 25.2 Å². The smallest absolute Gasteiger partial charge is 0.255 e. The van der Waals surface area contributed by atoms with E-state index in [1.54, 1.807) is 12.1 Å². The first-order valence-corrected chi connectivity index (χ1v) is 9.46. The molecule has 0 bridgehead atoms. The van der Waals surface area contributed by atoms with Gasteiger partial charge in [0.25, 0.3) is 5.91 Å². The predicted octanol–water partition coefficient (Wildman–Crippen LogP) is 2.86. The largest absolute Gasteiger partial charge is 0.384 e. The van der Waals surface area contributed by atoms with Crippen LogP contribution in [0.15, 0.2) is 42.5 Å². The monoisotopic (exact) mass is 380 g/mol. The minimum absolute atomic E-state index is 0.135. The quantitative estimate of drug-likeness (QED) is 0.631. The number of hydrogen-bond acceptors (Lipinski definition) is 6. The number of aromatic nitrogens is 1. The van der Waals surface area contributed by atoms with E-state index in [0.29, 0.717) is 17.9 Å². The van der Waals surface area contributed by atoms with Crippen LogP contribution in [0.5, 0.6) is 0 Å². The zero-order valence-corrected chi connectivity index (χ0v) is 15.5. The maximum absolute atomic E-state index is 12.2. The maximum atomic E-state index is 12.2. The number of nitrogen functional groups attached to an aromatic ring is 2. The Hall–Kier alpha value is -2.90. The van der Waals surface area contributed by atoms with Gasteiger partial charge in [0.2, 0.25) is 0 Å². The number of pyridine rings is 1. The fourth-order valence-electron chi connectivity index (χ4n) is 3.05. The topological polar surface area (TPSA) is 103 Å². The summed E-state index contributed by atoms with van der Waals surface area (Å²) in [7, 11) is 0. The Labute approximate surface area is 161 Å².